The van der Waals surface area contributed by atoms with Crippen LogP contribution in [-0.4, -0.2) is 33.2 Å². The molecule has 2 amide bonds. The van der Waals surface area contributed by atoms with Crippen LogP contribution in [0.15, 0.2) is 66.7 Å². The number of para-hydroxylation sites is 2. The fourth-order valence-electron chi connectivity index (χ4n) is 3.55. The highest BCUT2D eigenvalue weighted by Gasteiger charge is 2.16. The van der Waals surface area contributed by atoms with E-state index in [2.05, 4.69) is 16.0 Å². The van der Waals surface area contributed by atoms with E-state index in [1.807, 2.05) is 48.5 Å². The predicted octanol–water partition coefficient (Wildman–Crippen LogP) is 4.22. The number of amides is 2. The Morgan fingerprint density at radius 1 is 0.938 bits per heavy atom. The smallest absolute Gasteiger partial charge is 0.405 e. The maximum Gasteiger partial charge on any atom is 0.405 e. The summed E-state index contributed by atoms with van der Waals surface area (Å²) in [4.78, 5) is 27.9. The molecule has 0 saturated heterocycles. The molecule has 0 aliphatic rings. The van der Waals surface area contributed by atoms with E-state index < -0.39 is 18.0 Å². The largest absolute Gasteiger partial charge is 0.465 e. The molecule has 0 radical (unpaired) electrons. The van der Waals surface area contributed by atoms with Crippen LogP contribution < -0.4 is 16.0 Å². The van der Waals surface area contributed by atoms with Crippen molar-refractivity contribution in [2.75, 3.05) is 10.6 Å². The topological polar surface area (TPSA) is 124 Å². The first-order chi connectivity index (χ1) is 15.4. The third kappa shape index (κ3) is 4.45. The second-order valence-electron chi connectivity index (χ2n) is 7.38. The Balaban J connectivity index is 1.73. The molecule has 32 heavy (non-hydrogen) atoms. The number of benzene rings is 3. The molecule has 0 saturated carbocycles. The Kier molecular flexibility index (Phi) is 5.87. The minimum atomic E-state index is -1.28. The second kappa shape index (κ2) is 8.91. The third-order valence-electron chi connectivity index (χ3n) is 5.03. The molecule has 1 heterocycles. The van der Waals surface area contributed by atoms with Crippen molar-refractivity contribution >= 4 is 50.9 Å². The zero-order chi connectivity index (χ0) is 22.7. The van der Waals surface area contributed by atoms with Crippen molar-refractivity contribution in [3.63, 3.8) is 0 Å². The summed E-state index contributed by atoms with van der Waals surface area (Å²) in [6, 6.07) is 19.8. The monoisotopic (exact) mass is 430 g/mol. The predicted molar refractivity (Wildman–Crippen MR) is 124 cm³/mol. The number of carbonyl (C=O) groups is 2. The number of anilines is 3. The summed E-state index contributed by atoms with van der Waals surface area (Å²) < 4.78 is 0. The van der Waals surface area contributed by atoms with Gasteiger partial charge in [-0.15, -0.1) is 0 Å². The number of hydrogen-bond acceptors (Lipinski definition) is 5. The van der Waals surface area contributed by atoms with Crippen LogP contribution in [0.25, 0.3) is 21.8 Å². The van der Waals surface area contributed by atoms with Gasteiger partial charge in [0.1, 0.15) is 6.04 Å². The molecule has 4 rings (SSSR count). The third-order valence-corrected chi connectivity index (χ3v) is 5.03. The van der Waals surface area contributed by atoms with Crippen LogP contribution in [0.4, 0.5) is 21.9 Å². The van der Waals surface area contributed by atoms with Gasteiger partial charge >= 0.3 is 6.09 Å². The molecule has 8 heteroatoms. The summed E-state index contributed by atoms with van der Waals surface area (Å²) in [5, 5.41) is 28.7. The Bertz CT molecular complexity index is 1270. The van der Waals surface area contributed by atoms with Gasteiger partial charge in [-0.05, 0) is 42.8 Å². The number of aromatic nitrogens is 1. The zero-order valence-electron chi connectivity index (χ0n) is 17.3. The Morgan fingerprint density at radius 3 is 2.12 bits per heavy atom. The first kappa shape index (κ1) is 21.1. The minimum Gasteiger partial charge on any atom is -0.465 e. The van der Waals surface area contributed by atoms with E-state index in [0.29, 0.717) is 16.9 Å². The van der Waals surface area contributed by atoms with Crippen molar-refractivity contribution in [3.8, 4) is 0 Å². The first-order valence-corrected chi connectivity index (χ1v) is 10.0. The lowest BCUT2D eigenvalue weighted by Gasteiger charge is -2.16. The van der Waals surface area contributed by atoms with Crippen molar-refractivity contribution in [2.45, 2.75) is 19.6 Å². The summed E-state index contributed by atoms with van der Waals surface area (Å²) in [5.41, 5.74) is 4.23. The van der Waals surface area contributed by atoms with Crippen LogP contribution in [0.5, 0.6) is 0 Å². The number of carboxylic acid groups (broad SMARTS) is 1. The average molecular weight is 430 g/mol. The zero-order valence-corrected chi connectivity index (χ0v) is 17.3. The number of pyridine rings is 1. The van der Waals surface area contributed by atoms with Gasteiger partial charge in [-0.3, -0.25) is 4.79 Å². The molecule has 1 unspecified atom stereocenters. The van der Waals surface area contributed by atoms with Gasteiger partial charge < -0.3 is 26.2 Å². The second-order valence-corrected chi connectivity index (χ2v) is 7.38. The maximum atomic E-state index is 12.3. The Labute approximate surface area is 183 Å². The molecule has 8 nitrogen and oxygen atoms in total. The van der Waals surface area contributed by atoms with Crippen molar-refractivity contribution < 1.29 is 19.8 Å². The van der Waals surface area contributed by atoms with E-state index >= 15 is 0 Å². The summed E-state index contributed by atoms with van der Waals surface area (Å²) in [6.45, 7) is 1.23. The standard InChI is InChI=1S/C24H22N4O4/c1-14(25-24(31)32)23(30)27-17-11-15(13-29)10-16(12-17)26-22-18-6-2-4-8-20(18)28-21-9-5-3-7-19(21)22/h2-12,14,25,29H,13H2,1H3,(H,26,28)(H,27,30)(H,31,32). The summed E-state index contributed by atoms with van der Waals surface area (Å²) in [5.74, 6) is -0.506. The molecule has 162 valence electrons. The molecular weight excluding hydrogens is 408 g/mol. The molecule has 4 aromatic rings. The number of fused-ring (bicyclic) bond motifs is 2. The molecule has 0 fully saturated rings. The highest BCUT2D eigenvalue weighted by atomic mass is 16.4. The SMILES string of the molecule is CC(NC(=O)O)C(=O)Nc1cc(CO)cc(Nc2c3ccccc3nc3ccccc23)c1. The van der Waals surface area contributed by atoms with E-state index in [0.717, 1.165) is 27.5 Å². The molecule has 5 N–H and O–H groups in total. The molecular formula is C24H22N4O4. The quantitative estimate of drug-likeness (QED) is 0.292. The van der Waals surface area contributed by atoms with Gasteiger partial charge in [0.05, 0.1) is 23.3 Å². The van der Waals surface area contributed by atoms with Gasteiger partial charge in [-0.2, -0.15) is 0 Å². The van der Waals surface area contributed by atoms with Crippen LogP contribution >= 0.6 is 0 Å². The Hall–Kier alpha value is -4.17. The molecule has 0 spiro atoms. The lowest BCUT2D eigenvalue weighted by molar-refractivity contribution is -0.117. The molecule has 0 bridgehead atoms. The fraction of sp³-hybridized carbons (Fsp3) is 0.125. The summed E-state index contributed by atoms with van der Waals surface area (Å²) in [6.07, 6.45) is -1.28. The number of carbonyl (C=O) groups excluding carboxylic acids is 1. The molecule has 3 aromatic carbocycles. The number of aliphatic hydroxyl groups excluding tert-OH is 1. The highest BCUT2D eigenvalue weighted by molar-refractivity contribution is 6.08. The van der Waals surface area contributed by atoms with E-state index in [9.17, 15) is 14.7 Å². The van der Waals surface area contributed by atoms with Crippen LogP contribution in [0.2, 0.25) is 0 Å². The minimum absolute atomic E-state index is 0.223. The van der Waals surface area contributed by atoms with Crippen molar-refractivity contribution in [1.82, 2.24) is 10.3 Å². The van der Waals surface area contributed by atoms with E-state index in [1.165, 1.54) is 6.92 Å². The van der Waals surface area contributed by atoms with Crippen LogP contribution in [-0.2, 0) is 11.4 Å². The summed E-state index contributed by atoms with van der Waals surface area (Å²) in [7, 11) is 0. The molecule has 1 aromatic heterocycles. The van der Waals surface area contributed by atoms with Gasteiger partial charge in [0.25, 0.3) is 0 Å². The Morgan fingerprint density at radius 2 is 1.53 bits per heavy atom. The van der Waals surface area contributed by atoms with Crippen molar-refractivity contribution in [1.29, 1.82) is 0 Å². The number of hydrogen-bond donors (Lipinski definition) is 5. The highest BCUT2D eigenvalue weighted by Crippen LogP contribution is 2.34. The van der Waals surface area contributed by atoms with Crippen LogP contribution in [0.3, 0.4) is 0 Å². The molecule has 0 aliphatic carbocycles. The lowest BCUT2D eigenvalue weighted by atomic mass is 10.1. The number of rotatable bonds is 6. The maximum absolute atomic E-state index is 12.3. The van der Waals surface area contributed by atoms with Crippen LogP contribution in [0.1, 0.15) is 12.5 Å². The average Bonchev–Trinajstić information content (AvgIpc) is 2.78. The first-order valence-electron chi connectivity index (χ1n) is 10.0. The lowest BCUT2D eigenvalue weighted by Crippen LogP contribution is -2.40. The van der Waals surface area contributed by atoms with Gasteiger partial charge in [0.15, 0.2) is 0 Å². The van der Waals surface area contributed by atoms with Gasteiger partial charge in [0.2, 0.25) is 5.91 Å². The number of aliphatic hydroxyl groups is 1. The van der Waals surface area contributed by atoms with Gasteiger partial charge in [0, 0.05) is 22.1 Å². The van der Waals surface area contributed by atoms with Crippen molar-refractivity contribution in [2.24, 2.45) is 0 Å². The van der Waals surface area contributed by atoms with Crippen LogP contribution in [0, 0.1) is 0 Å². The van der Waals surface area contributed by atoms with E-state index in [4.69, 9.17) is 10.1 Å². The van der Waals surface area contributed by atoms with Crippen molar-refractivity contribution in [3.05, 3.63) is 72.3 Å². The summed E-state index contributed by atoms with van der Waals surface area (Å²) >= 11 is 0. The number of nitrogens with zero attached hydrogens (tertiary/aromatic N) is 1. The number of nitrogens with one attached hydrogen (secondary N) is 3. The normalized spacial score (nSPS) is 11.8. The molecule has 1 atom stereocenters. The van der Waals surface area contributed by atoms with Gasteiger partial charge in [-0.1, -0.05) is 36.4 Å². The fourth-order valence-corrected chi connectivity index (χ4v) is 3.55. The van der Waals surface area contributed by atoms with E-state index in [1.54, 1.807) is 18.2 Å². The van der Waals surface area contributed by atoms with Gasteiger partial charge in [-0.25, -0.2) is 9.78 Å². The molecule has 0 aliphatic heterocycles. The van der Waals surface area contributed by atoms with E-state index in [-0.39, 0.29) is 6.61 Å².